The lowest BCUT2D eigenvalue weighted by Gasteiger charge is -2.17. The van der Waals surface area contributed by atoms with Crippen molar-refractivity contribution in [1.29, 1.82) is 0 Å². The van der Waals surface area contributed by atoms with Crippen molar-refractivity contribution in [3.8, 4) is 11.5 Å². The summed E-state index contributed by atoms with van der Waals surface area (Å²) >= 11 is 0. The van der Waals surface area contributed by atoms with Gasteiger partial charge in [0.1, 0.15) is 5.82 Å². The number of nitrogens with two attached hydrogens (primary N) is 1. The van der Waals surface area contributed by atoms with Crippen molar-refractivity contribution in [2.45, 2.75) is 18.9 Å². The third-order valence-electron chi connectivity index (χ3n) is 3.53. The molecule has 106 valence electrons. The van der Waals surface area contributed by atoms with Gasteiger partial charge in [-0.05, 0) is 38.1 Å². The minimum atomic E-state index is -0.379. The molecule has 1 aromatic carbocycles. The molecule has 0 radical (unpaired) electrons. The van der Waals surface area contributed by atoms with Gasteiger partial charge < -0.3 is 15.2 Å². The summed E-state index contributed by atoms with van der Waals surface area (Å²) in [5.41, 5.74) is 6.39. The first-order chi connectivity index (χ1) is 9.74. The van der Waals surface area contributed by atoms with E-state index in [0.29, 0.717) is 17.9 Å². The summed E-state index contributed by atoms with van der Waals surface area (Å²) in [6.45, 7) is 2.83. The van der Waals surface area contributed by atoms with Crippen molar-refractivity contribution in [2.75, 3.05) is 19.6 Å². The Labute approximate surface area is 116 Å². The van der Waals surface area contributed by atoms with Gasteiger partial charge in [-0.15, -0.1) is 0 Å². The molecule has 1 saturated heterocycles. The molecular formula is C14H17FN4O. The molecule has 0 spiro atoms. The molecule has 2 heterocycles. The van der Waals surface area contributed by atoms with Gasteiger partial charge in [0.05, 0.1) is 11.6 Å². The van der Waals surface area contributed by atoms with Crippen LogP contribution in [0.1, 0.15) is 24.7 Å². The van der Waals surface area contributed by atoms with Crippen LogP contribution in [-0.2, 0) is 0 Å². The molecule has 0 saturated carbocycles. The summed E-state index contributed by atoms with van der Waals surface area (Å²) in [5, 5.41) is 3.87. The summed E-state index contributed by atoms with van der Waals surface area (Å²) in [5.74, 6) is 0.223. The van der Waals surface area contributed by atoms with Crippen LogP contribution in [-0.4, -0.2) is 34.7 Å². The molecule has 2 aromatic rings. The smallest absolute Gasteiger partial charge is 0.260 e. The fourth-order valence-corrected chi connectivity index (χ4v) is 2.45. The predicted molar refractivity (Wildman–Crippen MR) is 72.3 cm³/mol. The Morgan fingerprint density at radius 1 is 1.30 bits per heavy atom. The van der Waals surface area contributed by atoms with E-state index in [0.717, 1.165) is 13.1 Å². The maximum absolute atomic E-state index is 13.6. The van der Waals surface area contributed by atoms with Crippen molar-refractivity contribution in [1.82, 2.24) is 15.0 Å². The van der Waals surface area contributed by atoms with Gasteiger partial charge in [0.25, 0.3) is 5.89 Å². The third kappa shape index (κ3) is 2.71. The highest BCUT2D eigenvalue weighted by Crippen LogP contribution is 2.22. The molecule has 0 bridgehead atoms. The van der Waals surface area contributed by atoms with E-state index in [2.05, 4.69) is 15.0 Å². The average Bonchev–Trinajstić information content (AvgIpc) is 3.10. The van der Waals surface area contributed by atoms with Crippen LogP contribution in [0.3, 0.4) is 0 Å². The molecule has 0 aliphatic carbocycles. The zero-order valence-electron chi connectivity index (χ0n) is 11.1. The van der Waals surface area contributed by atoms with Crippen LogP contribution >= 0.6 is 0 Å². The molecule has 6 heteroatoms. The highest BCUT2D eigenvalue weighted by Gasteiger charge is 2.21. The van der Waals surface area contributed by atoms with Gasteiger partial charge in [0.15, 0.2) is 5.82 Å². The van der Waals surface area contributed by atoms with E-state index in [9.17, 15) is 4.39 Å². The van der Waals surface area contributed by atoms with Crippen LogP contribution in [0.15, 0.2) is 28.8 Å². The molecule has 20 heavy (non-hydrogen) atoms. The Hall–Kier alpha value is -1.79. The fraction of sp³-hybridized carbons (Fsp3) is 0.429. The Morgan fingerprint density at radius 3 is 2.80 bits per heavy atom. The van der Waals surface area contributed by atoms with E-state index < -0.39 is 0 Å². The SMILES string of the molecule is NC(CN1CCCC1)c1noc(-c2ccccc2F)n1. The molecule has 2 N–H and O–H groups in total. The summed E-state index contributed by atoms with van der Waals surface area (Å²) in [7, 11) is 0. The monoisotopic (exact) mass is 276 g/mol. The first-order valence-electron chi connectivity index (χ1n) is 6.80. The largest absolute Gasteiger partial charge is 0.334 e. The van der Waals surface area contributed by atoms with Gasteiger partial charge >= 0.3 is 0 Å². The van der Waals surface area contributed by atoms with Crippen LogP contribution in [0.4, 0.5) is 4.39 Å². The van der Waals surface area contributed by atoms with Crippen molar-refractivity contribution in [2.24, 2.45) is 5.73 Å². The number of aromatic nitrogens is 2. The van der Waals surface area contributed by atoms with Gasteiger partial charge in [-0.2, -0.15) is 4.98 Å². The van der Waals surface area contributed by atoms with Crippen LogP contribution < -0.4 is 5.73 Å². The van der Waals surface area contributed by atoms with Crippen molar-refractivity contribution in [3.05, 3.63) is 35.9 Å². The van der Waals surface area contributed by atoms with Gasteiger partial charge in [0, 0.05) is 6.54 Å². The lowest BCUT2D eigenvalue weighted by atomic mass is 10.2. The maximum Gasteiger partial charge on any atom is 0.260 e. The molecule has 1 aromatic heterocycles. The average molecular weight is 276 g/mol. The molecule has 0 amide bonds. The topological polar surface area (TPSA) is 68.2 Å². The molecule has 1 unspecified atom stereocenters. The van der Waals surface area contributed by atoms with E-state index in [-0.39, 0.29) is 17.7 Å². The Kier molecular flexibility index (Phi) is 3.75. The van der Waals surface area contributed by atoms with Gasteiger partial charge in [-0.1, -0.05) is 17.3 Å². The molecule has 3 rings (SSSR count). The first kappa shape index (κ1) is 13.2. The Balaban J connectivity index is 1.74. The number of hydrogen-bond donors (Lipinski definition) is 1. The van der Waals surface area contributed by atoms with Crippen LogP contribution in [0.5, 0.6) is 0 Å². The van der Waals surface area contributed by atoms with E-state index in [1.807, 2.05) is 0 Å². The molecule has 1 atom stereocenters. The zero-order valence-corrected chi connectivity index (χ0v) is 11.1. The summed E-state index contributed by atoms with van der Waals surface area (Å²) < 4.78 is 18.8. The van der Waals surface area contributed by atoms with E-state index in [4.69, 9.17) is 10.3 Å². The lowest BCUT2D eigenvalue weighted by molar-refractivity contribution is 0.306. The van der Waals surface area contributed by atoms with Crippen molar-refractivity contribution in [3.63, 3.8) is 0 Å². The Morgan fingerprint density at radius 2 is 2.05 bits per heavy atom. The molecule has 1 aliphatic rings. The molecular weight excluding hydrogens is 259 g/mol. The van der Waals surface area contributed by atoms with Crippen molar-refractivity contribution < 1.29 is 8.91 Å². The Bertz CT molecular complexity index is 580. The third-order valence-corrected chi connectivity index (χ3v) is 3.53. The second-order valence-electron chi connectivity index (χ2n) is 5.05. The van der Waals surface area contributed by atoms with Gasteiger partial charge in [-0.25, -0.2) is 4.39 Å². The highest BCUT2D eigenvalue weighted by molar-refractivity contribution is 5.53. The minimum Gasteiger partial charge on any atom is -0.334 e. The molecule has 1 aliphatic heterocycles. The maximum atomic E-state index is 13.6. The second-order valence-corrected chi connectivity index (χ2v) is 5.05. The lowest BCUT2D eigenvalue weighted by Crippen LogP contribution is -2.30. The van der Waals surface area contributed by atoms with Crippen LogP contribution in [0.25, 0.3) is 11.5 Å². The minimum absolute atomic E-state index is 0.176. The number of halogens is 1. The van der Waals surface area contributed by atoms with E-state index >= 15 is 0 Å². The molecule has 1 fully saturated rings. The summed E-state index contributed by atoms with van der Waals surface area (Å²) in [4.78, 5) is 6.50. The quantitative estimate of drug-likeness (QED) is 0.924. The fourth-order valence-electron chi connectivity index (χ4n) is 2.45. The number of benzene rings is 1. The second kappa shape index (κ2) is 5.68. The van der Waals surface area contributed by atoms with E-state index in [1.54, 1.807) is 18.2 Å². The molecule has 5 nitrogen and oxygen atoms in total. The van der Waals surface area contributed by atoms with E-state index in [1.165, 1.54) is 18.9 Å². The normalized spacial score (nSPS) is 17.5. The van der Waals surface area contributed by atoms with Crippen molar-refractivity contribution >= 4 is 0 Å². The predicted octanol–water partition coefficient (Wildman–Crippen LogP) is 1.97. The van der Waals surface area contributed by atoms with Crippen LogP contribution in [0, 0.1) is 5.82 Å². The standard InChI is InChI=1S/C14H17FN4O/c15-11-6-2-1-5-10(11)14-17-13(18-20-14)12(16)9-19-7-3-4-8-19/h1-2,5-6,12H,3-4,7-9,16H2. The number of nitrogens with zero attached hydrogens (tertiary/aromatic N) is 3. The van der Waals surface area contributed by atoms with Gasteiger partial charge in [-0.3, -0.25) is 0 Å². The number of likely N-dealkylation sites (tertiary alicyclic amines) is 1. The summed E-state index contributed by atoms with van der Waals surface area (Å²) in [6.07, 6.45) is 2.42. The van der Waals surface area contributed by atoms with Gasteiger partial charge in [0.2, 0.25) is 0 Å². The number of hydrogen-bond acceptors (Lipinski definition) is 5. The highest BCUT2D eigenvalue weighted by atomic mass is 19.1. The van der Waals surface area contributed by atoms with Crippen LogP contribution in [0.2, 0.25) is 0 Å². The number of rotatable bonds is 4. The zero-order chi connectivity index (χ0) is 13.9. The first-order valence-corrected chi connectivity index (χ1v) is 6.80. The summed E-state index contributed by atoms with van der Waals surface area (Å²) in [6, 6.07) is 6.02.